The number of aromatic nitrogens is 1. The molecule has 0 aliphatic heterocycles. The summed E-state index contributed by atoms with van der Waals surface area (Å²) in [5.41, 5.74) is 9.74. The second kappa shape index (κ2) is 7.79. The largest absolute Gasteiger partial charge is 0.454 e. The van der Waals surface area contributed by atoms with Crippen LogP contribution in [0.1, 0.15) is 63.8 Å². The van der Waals surface area contributed by atoms with E-state index in [0.717, 1.165) is 38.7 Å². The Morgan fingerprint density at radius 2 is 1.29 bits per heavy atom. The van der Waals surface area contributed by atoms with Crippen molar-refractivity contribution in [3.63, 3.8) is 0 Å². The van der Waals surface area contributed by atoms with Gasteiger partial charge in [-0.3, -0.25) is 0 Å². The molecule has 38 heavy (non-hydrogen) atoms. The maximum Gasteiger partial charge on any atom is 0.216 e. The van der Waals surface area contributed by atoms with E-state index in [0.29, 0.717) is 11.1 Å². The lowest BCUT2D eigenvalue weighted by molar-refractivity contribution is -0.660. The van der Waals surface area contributed by atoms with E-state index >= 15 is 4.39 Å². The standard InChI is InChI=1S/C35H37FNO/c1-20-13-15-22-23-17-18-25(36)28(32(23)38-31(22)27(20)26-12-10-11-19-37(26)9)24-16-14-21(2)29-30(24)34(5,6)35(7,8)33(29,3)4/h10-19H,1-9H3/q+1. The van der Waals surface area contributed by atoms with Crippen LogP contribution in [0.25, 0.3) is 44.3 Å². The molecule has 3 aromatic carbocycles. The number of aryl methyl sites for hydroxylation is 3. The maximum absolute atomic E-state index is 16.0. The van der Waals surface area contributed by atoms with Gasteiger partial charge in [0.15, 0.2) is 6.20 Å². The lowest BCUT2D eigenvalue weighted by atomic mass is 9.59. The first-order chi connectivity index (χ1) is 17.8. The SMILES string of the molecule is Cc1ccc(-c2c(F)ccc3c2oc2c(-c4cccc[n+]4C)c(C)ccc23)c2c1C(C)(C)C(C)(C)C2(C)C. The molecule has 0 fully saturated rings. The van der Waals surface area contributed by atoms with E-state index in [1.807, 2.05) is 31.4 Å². The van der Waals surface area contributed by atoms with Gasteiger partial charge in [-0.15, -0.1) is 0 Å². The number of benzene rings is 3. The summed E-state index contributed by atoms with van der Waals surface area (Å²) >= 11 is 0. The van der Waals surface area contributed by atoms with E-state index in [1.54, 1.807) is 6.07 Å². The number of hydrogen-bond donors (Lipinski definition) is 0. The smallest absolute Gasteiger partial charge is 0.216 e. The molecule has 6 rings (SSSR count). The van der Waals surface area contributed by atoms with Gasteiger partial charge in [-0.1, -0.05) is 65.8 Å². The van der Waals surface area contributed by atoms with Crippen molar-refractivity contribution in [3.05, 3.63) is 88.9 Å². The number of furan rings is 1. The molecule has 0 bridgehead atoms. The first kappa shape index (κ1) is 24.9. The lowest BCUT2D eigenvalue weighted by Gasteiger charge is -2.45. The monoisotopic (exact) mass is 506 g/mol. The highest BCUT2D eigenvalue weighted by Crippen LogP contribution is 2.64. The number of fused-ring (bicyclic) bond motifs is 4. The average Bonchev–Trinajstić information content (AvgIpc) is 3.27. The molecule has 3 heteroatoms. The molecule has 0 radical (unpaired) electrons. The zero-order valence-electron chi connectivity index (χ0n) is 24.0. The predicted octanol–water partition coefficient (Wildman–Crippen LogP) is 9.10. The molecule has 0 spiro atoms. The van der Waals surface area contributed by atoms with Gasteiger partial charge in [0, 0.05) is 22.9 Å². The zero-order valence-corrected chi connectivity index (χ0v) is 24.0. The summed E-state index contributed by atoms with van der Waals surface area (Å²) in [6.07, 6.45) is 2.04. The Labute approximate surface area is 225 Å². The Hall–Kier alpha value is -3.46. The summed E-state index contributed by atoms with van der Waals surface area (Å²) in [7, 11) is 2.04. The normalized spacial score (nSPS) is 17.3. The summed E-state index contributed by atoms with van der Waals surface area (Å²) in [6.45, 7) is 18.3. The Morgan fingerprint density at radius 1 is 0.684 bits per heavy atom. The number of rotatable bonds is 2. The van der Waals surface area contributed by atoms with Crippen molar-refractivity contribution < 1.29 is 13.4 Å². The number of nitrogens with zero attached hydrogens (tertiary/aromatic N) is 1. The lowest BCUT2D eigenvalue weighted by Crippen LogP contribution is -2.42. The highest BCUT2D eigenvalue weighted by atomic mass is 19.1. The van der Waals surface area contributed by atoms with E-state index in [4.69, 9.17) is 4.42 Å². The van der Waals surface area contributed by atoms with Crippen molar-refractivity contribution in [3.8, 4) is 22.4 Å². The van der Waals surface area contributed by atoms with Gasteiger partial charge in [0.1, 0.15) is 24.0 Å². The van der Waals surface area contributed by atoms with Crippen molar-refractivity contribution in [1.82, 2.24) is 0 Å². The fourth-order valence-corrected chi connectivity index (χ4v) is 7.11. The van der Waals surface area contributed by atoms with Crippen LogP contribution in [-0.2, 0) is 17.9 Å². The van der Waals surface area contributed by atoms with Gasteiger partial charge in [0.05, 0.1) is 11.1 Å². The van der Waals surface area contributed by atoms with Crippen LogP contribution in [0.2, 0.25) is 0 Å². The van der Waals surface area contributed by atoms with Gasteiger partial charge in [-0.25, -0.2) is 8.96 Å². The van der Waals surface area contributed by atoms with Crippen LogP contribution in [0.4, 0.5) is 4.39 Å². The summed E-state index contributed by atoms with van der Waals surface area (Å²) in [5.74, 6) is -0.246. The highest BCUT2D eigenvalue weighted by Gasteiger charge is 2.58. The zero-order chi connectivity index (χ0) is 27.4. The fourth-order valence-electron chi connectivity index (χ4n) is 7.11. The van der Waals surface area contributed by atoms with E-state index in [-0.39, 0.29) is 22.1 Å². The van der Waals surface area contributed by atoms with Crippen LogP contribution >= 0.6 is 0 Å². The van der Waals surface area contributed by atoms with Crippen LogP contribution in [0.3, 0.4) is 0 Å². The molecule has 0 saturated carbocycles. The van der Waals surface area contributed by atoms with Crippen molar-refractivity contribution in [1.29, 1.82) is 0 Å². The number of halogens is 1. The van der Waals surface area contributed by atoms with Crippen LogP contribution in [0.15, 0.2) is 65.2 Å². The van der Waals surface area contributed by atoms with Gasteiger partial charge in [-0.2, -0.15) is 0 Å². The second-order valence-electron chi connectivity index (χ2n) is 12.8. The Morgan fingerprint density at radius 3 is 1.97 bits per heavy atom. The van der Waals surface area contributed by atoms with Crippen LogP contribution in [0.5, 0.6) is 0 Å². The molecule has 2 aromatic heterocycles. The Bertz CT molecular complexity index is 1780. The van der Waals surface area contributed by atoms with Crippen LogP contribution in [0, 0.1) is 25.1 Å². The van der Waals surface area contributed by atoms with Crippen molar-refractivity contribution in [2.45, 2.75) is 66.2 Å². The Kier molecular flexibility index (Phi) is 5.09. The van der Waals surface area contributed by atoms with Crippen molar-refractivity contribution in [2.75, 3.05) is 0 Å². The molecule has 0 saturated heterocycles. The van der Waals surface area contributed by atoms with Gasteiger partial charge < -0.3 is 4.42 Å². The molecular formula is C35H37FNO+. The molecule has 0 amide bonds. The van der Waals surface area contributed by atoms with E-state index in [2.05, 4.69) is 90.3 Å². The molecular weight excluding hydrogens is 469 g/mol. The molecule has 2 heterocycles. The van der Waals surface area contributed by atoms with Crippen molar-refractivity contribution >= 4 is 21.9 Å². The molecule has 2 nitrogen and oxygen atoms in total. The maximum atomic E-state index is 16.0. The van der Waals surface area contributed by atoms with E-state index in [9.17, 15) is 0 Å². The van der Waals surface area contributed by atoms with Gasteiger partial charge in [-0.05, 0) is 76.1 Å². The number of hydrogen-bond acceptors (Lipinski definition) is 1. The molecule has 0 unspecified atom stereocenters. The third-order valence-electron chi connectivity index (χ3n) is 10.3. The fraction of sp³-hybridized carbons (Fsp3) is 0.343. The minimum Gasteiger partial charge on any atom is -0.454 e. The molecule has 1 aliphatic rings. The minimum absolute atomic E-state index is 0.0339. The molecule has 0 atom stereocenters. The van der Waals surface area contributed by atoms with Gasteiger partial charge in [0.2, 0.25) is 5.69 Å². The van der Waals surface area contributed by atoms with Crippen molar-refractivity contribution in [2.24, 2.45) is 12.5 Å². The third kappa shape index (κ3) is 2.96. The summed E-state index contributed by atoms with van der Waals surface area (Å²) in [6, 6.07) is 18.2. The van der Waals surface area contributed by atoms with Crippen LogP contribution in [-0.4, -0.2) is 0 Å². The summed E-state index contributed by atoms with van der Waals surface area (Å²) < 4.78 is 24.9. The molecule has 5 aromatic rings. The second-order valence-corrected chi connectivity index (χ2v) is 12.8. The van der Waals surface area contributed by atoms with Gasteiger partial charge in [0.25, 0.3) is 0 Å². The first-order valence-electron chi connectivity index (χ1n) is 13.5. The van der Waals surface area contributed by atoms with E-state index < -0.39 is 0 Å². The minimum atomic E-state index is -0.246. The Balaban J connectivity index is 1.75. The van der Waals surface area contributed by atoms with Crippen LogP contribution < -0.4 is 4.57 Å². The predicted molar refractivity (Wildman–Crippen MR) is 155 cm³/mol. The summed E-state index contributed by atoms with van der Waals surface area (Å²) in [4.78, 5) is 0. The first-order valence-corrected chi connectivity index (χ1v) is 13.5. The topological polar surface area (TPSA) is 17.0 Å². The third-order valence-corrected chi connectivity index (χ3v) is 10.3. The highest BCUT2D eigenvalue weighted by molar-refractivity contribution is 6.13. The van der Waals surface area contributed by atoms with E-state index in [1.165, 1.54) is 16.7 Å². The average molecular weight is 507 g/mol. The molecule has 0 N–H and O–H groups in total. The molecule has 194 valence electrons. The van der Waals surface area contributed by atoms with Gasteiger partial charge >= 0.3 is 0 Å². The summed E-state index contributed by atoms with van der Waals surface area (Å²) in [5, 5.41) is 1.95. The quantitative estimate of drug-likeness (QED) is 0.218. The number of pyridine rings is 1. The molecule has 1 aliphatic carbocycles.